The SMILES string of the molecule is O=C(O)C1CCCC(C2CCC3COB(O)C3C2)C1. The molecule has 19 heavy (non-hydrogen) atoms. The van der Waals surface area contributed by atoms with Gasteiger partial charge in [0.15, 0.2) is 0 Å². The first-order valence-electron chi connectivity index (χ1n) is 7.67. The van der Waals surface area contributed by atoms with Crippen LogP contribution in [0.25, 0.3) is 0 Å². The highest BCUT2D eigenvalue weighted by Crippen LogP contribution is 2.48. The Kier molecular flexibility index (Phi) is 3.85. The molecule has 1 aliphatic heterocycles. The van der Waals surface area contributed by atoms with E-state index >= 15 is 0 Å². The van der Waals surface area contributed by atoms with Gasteiger partial charge >= 0.3 is 13.1 Å². The van der Waals surface area contributed by atoms with E-state index in [0.717, 1.165) is 32.1 Å². The molecule has 2 aliphatic carbocycles. The molecule has 5 unspecified atom stereocenters. The number of fused-ring (bicyclic) bond motifs is 1. The van der Waals surface area contributed by atoms with E-state index in [1.165, 1.54) is 12.8 Å². The Bertz CT molecular complexity index is 348. The summed E-state index contributed by atoms with van der Waals surface area (Å²) in [5, 5.41) is 19.1. The topological polar surface area (TPSA) is 66.8 Å². The fraction of sp³-hybridized carbons (Fsp3) is 0.929. The van der Waals surface area contributed by atoms with Crippen molar-refractivity contribution in [2.45, 2.75) is 50.8 Å². The van der Waals surface area contributed by atoms with Crippen molar-refractivity contribution in [3.8, 4) is 0 Å². The number of carboxylic acid groups (broad SMARTS) is 1. The van der Waals surface area contributed by atoms with E-state index < -0.39 is 13.1 Å². The van der Waals surface area contributed by atoms with Crippen molar-refractivity contribution in [2.75, 3.05) is 6.61 Å². The maximum atomic E-state index is 11.2. The van der Waals surface area contributed by atoms with Crippen molar-refractivity contribution in [1.29, 1.82) is 0 Å². The fourth-order valence-electron chi connectivity index (χ4n) is 4.51. The predicted octanol–water partition coefficient (Wildman–Crippen LogP) is 2.17. The summed E-state index contributed by atoms with van der Waals surface area (Å²) in [5.41, 5.74) is 0. The van der Waals surface area contributed by atoms with Gasteiger partial charge in [-0.2, -0.15) is 0 Å². The van der Waals surface area contributed by atoms with Gasteiger partial charge in [-0.25, -0.2) is 0 Å². The van der Waals surface area contributed by atoms with Gasteiger partial charge in [-0.15, -0.1) is 0 Å². The largest absolute Gasteiger partial charge is 0.481 e. The van der Waals surface area contributed by atoms with Gasteiger partial charge in [0.1, 0.15) is 0 Å². The molecular weight excluding hydrogens is 243 g/mol. The second kappa shape index (κ2) is 5.45. The van der Waals surface area contributed by atoms with E-state index in [0.29, 0.717) is 30.2 Å². The third kappa shape index (κ3) is 2.68. The molecular formula is C14H23BO4. The Morgan fingerprint density at radius 2 is 1.79 bits per heavy atom. The zero-order valence-corrected chi connectivity index (χ0v) is 11.3. The van der Waals surface area contributed by atoms with Crippen LogP contribution in [-0.2, 0) is 9.45 Å². The molecule has 3 aliphatic rings. The second-order valence-corrected chi connectivity index (χ2v) is 6.68. The summed E-state index contributed by atoms with van der Waals surface area (Å²) < 4.78 is 5.36. The van der Waals surface area contributed by atoms with Crippen molar-refractivity contribution in [3.05, 3.63) is 0 Å². The van der Waals surface area contributed by atoms with Gasteiger partial charge in [-0.1, -0.05) is 12.8 Å². The molecule has 3 rings (SSSR count). The number of carboxylic acids is 1. The maximum absolute atomic E-state index is 11.2. The first kappa shape index (κ1) is 13.4. The average Bonchev–Trinajstić information content (AvgIpc) is 2.80. The summed E-state index contributed by atoms with van der Waals surface area (Å²) in [6.07, 6.45) is 7.26. The van der Waals surface area contributed by atoms with Crippen LogP contribution >= 0.6 is 0 Å². The van der Waals surface area contributed by atoms with E-state index in [4.69, 9.17) is 4.65 Å². The Balaban J connectivity index is 1.61. The lowest BCUT2D eigenvalue weighted by Gasteiger charge is -2.38. The molecule has 0 bridgehead atoms. The summed E-state index contributed by atoms with van der Waals surface area (Å²) >= 11 is 0. The molecule has 5 atom stereocenters. The minimum Gasteiger partial charge on any atom is -0.481 e. The zero-order valence-electron chi connectivity index (χ0n) is 11.3. The number of hydrogen-bond donors (Lipinski definition) is 2. The molecule has 3 fully saturated rings. The van der Waals surface area contributed by atoms with E-state index in [2.05, 4.69) is 0 Å². The zero-order chi connectivity index (χ0) is 13.4. The Morgan fingerprint density at radius 3 is 2.58 bits per heavy atom. The van der Waals surface area contributed by atoms with Crippen LogP contribution in [-0.4, -0.2) is 29.8 Å². The Morgan fingerprint density at radius 1 is 1.05 bits per heavy atom. The number of carbonyl (C=O) groups is 1. The molecule has 0 aromatic carbocycles. The summed E-state index contributed by atoms with van der Waals surface area (Å²) in [6.45, 7) is 0.709. The highest BCUT2D eigenvalue weighted by molar-refractivity contribution is 6.45. The number of aliphatic carboxylic acids is 1. The van der Waals surface area contributed by atoms with Crippen molar-refractivity contribution >= 4 is 13.1 Å². The minimum absolute atomic E-state index is 0.138. The molecule has 5 heteroatoms. The van der Waals surface area contributed by atoms with E-state index in [9.17, 15) is 14.9 Å². The van der Waals surface area contributed by atoms with Crippen LogP contribution in [0.3, 0.4) is 0 Å². The van der Waals surface area contributed by atoms with Gasteiger partial charge in [0.05, 0.1) is 5.92 Å². The second-order valence-electron chi connectivity index (χ2n) is 6.68. The molecule has 1 saturated heterocycles. The molecule has 0 spiro atoms. The number of rotatable bonds is 2. The Hall–Kier alpha value is -0.545. The summed E-state index contributed by atoms with van der Waals surface area (Å²) in [7, 11) is -0.577. The van der Waals surface area contributed by atoms with Gasteiger partial charge in [0.2, 0.25) is 0 Å². The van der Waals surface area contributed by atoms with Crippen LogP contribution in [0.1, 0.15) is 44.9 Å². The quantitative estimate of drug-likeness (QED) is 0.752. The van der Waals surface area contributed by atoms with E-state index in [-0.39, 0.29) is 5.92 Å². The van der Waals surface area contributed by atoms with Gasteiger partial charge < -0.3 is 14.8 Å². The van der Waals surface area contributed by atoms with Crippen molar-refractivity contribution in [2.24, 2.45) is 23.7 Å². The molecule has 0 aromatic rings. The lowest BCUT2D eigenvalue weighted by atomic mass is 9.57. The normalized spacial score (nSPS) is 43.0. The number of hydrogen-bond acceptors (Lipinski definition) is 3. The molecule has 0 aromatic heterocycles. The van der Waals surface area contributed by atoms with Crippen molar-refractivity contribution in [3.63, 3.8) is 0 Å². The van der Waals surface area contributed by atoms with Crippen LogP contribution in [0.15, 0.2) is 0 Å². The van der Waals surface area contributed by atoms with Gasteiger partial charge in [0, 0.05) is 6.61 Å². The van der Waals surface area contributed by atoms with Gasteiger partial charge in [0.25, 0.3) is 0 Å². The minimum atomic E-state index is -0.623. The Labute approximate surface area is 114 Å². The summed E-state index contributed by atoms with van der Waals surface area (Å²) in [5.74, 6) is 1.21. The third-order valence-corrected chi connectivity index (χ3v) is 5.67. The fourth-order valence-corrected chi connectivity index (χ4v) is 4.51. The molecule has 0 amide bonds. The first-order chi connectivity index (χ1) is 9.15. The van der Waals surface area contributed by atoms with Crippen LogP contribution in [0.2, 0.25) is 5.82 Å². The highest BCUT2D eigenvalue weighted by atomic mass is 16.5. The molecule has 1 heterocycles. The van der Waals surface area contributed by atoms with E-state index in [1.54, 1.807) is 0 Å². The molecule has 4 nitrogen and oxygen atoms in total. The van der Waals surface area contributed by atoms with Gasteiger partial charge in [-0.3, -0.25) is 4.79 Å². The van der Waals surface area contributed by atoms with Crippen LogP contribution < -0.4 is 0 Å². The lowest BCUT2D eigenvalue weighted by Crippen LogP contribution is -2.33. The summed E-state index contributed by atoms with van der Waals surface area (Å²) in [6, 6.07) is 0. The van der Waals surface area contributed by atoms with Crippen LogP contribution in [0.5, 0.6) is 0 Å². The first-order valence-corrected chi connectivity index (χ1v) is 7.67. The highest BCUT2D eigenvalue weighted by Gasteiger charge is 2.46. The summed E-state index contributed by atoms with van der Waals surface area (Å²) in [4.78, 5) is 11.2. The standard InChI is InChI=1S/C14H23BO4/c16-14(17)11-3-1-2-9(6-11)10-4-5-12-8-19-15(18)13(12)7-10/h9-13,18H,1-8H2,(H,16,17). The van der Waals surface area contributed by atoms with Gasteiger partial charge in [-0.05, 0) is 55.7 Å². The van der Waals surface area contributed by atoms with Crippen LogP contribution in [0.4, 0.5) is 0 Å². The molecule has 2 N–H and O–H groups in total. The maximum Gasteiger partial charge on any atom is 0.457 e. The molecule has 0 radical (unpaired) electrons. The van der Waals surface area contributed by atoms with E-state index in [1.807, 2.05) is 0 Å². The predicted molar refractivity (Wildman–Crippen MR) is 71.6 cm³/mol. The third-order valence-electron chi connectivity index (χ3n) is 5.67. The van der Waals surface area contributed by atoms with Crippen molar-refractivity contribution in [1.82, 2.24) is 0 Å². The average molecular weight is 266 g/mol. The van der Waals surface area contributed by atoms with Crippen LogP contribution in [0, 0.1) is 23.7 Å². The smallest absolute Gasteiger partial charge is 0.457 e. The monoisotopic (exact) mass is 266 g/mol. The van der Waals surface area contributed by atoms with Crippen molar-refractivity contribution < 1.29 is 19.6 Å². The molecule has 106 valence electrons. The lowest BCUT2D eigenvalue weighted by molar-refractivity contribution is -0.143. The molecule has 2 saturated carbocycles.